The largest absolute Gasteiger partial charge is 0.508 e. The number of phenolic OH excluding ortho intramolecular Hbond substituents is 1. The van der Waals surface area contributed by atoms with E-state index in [4.69, 9.17) is 5.73 Å². The minimum Gasteiger partial charge on any atom is -0.508 e. The van der Waals surface area contributed by atoms with Crippen LogP contribution in [-0.2, 0) is 4.79 Å². The van der Waals surface area contributed by atoms with Crippen LogP contribution < -0.4 is 11.1 Å². The average Bonchev–Trinajstić information content (AvgIpc) is 2.25. The first-order valence-electron chi connectivity index (χ1n) is 6.30. The quantitative estimate of drug-likeness (QED) is 0.717. The number of carbonyl (C=O) groups is 1. The van der Waals surface area contributed by atoms with Crippen molar-refractivity contribution in [2.24, 2.45) is 11.1 Å². The number of rotatable bonds is 3. The predicted molar refractivity (Wildman–Crippen MR) is 71.5 cm³/mol. The second-order valence-corrected chi connectivity index (χ2v) is 5.25. The number of aryl methyl sites for hydroxylation is 2. The van der Waals surface area contributed by atoms with Gasteiger partial charge in [-0.25, -0.2) is 0 Å². The molecular weight excluding hydrogens is 228 g/mol. The molecule has 0 radical (unpaired) electrons. The van der Waals surface area contributed by atoms with Crippen molar-refractivity contribution in [1.82, 2.24) is 0 Å². The van der Waals surface area contributed by atoms with Crippen LogP contribution >= 0.6 is 0 Å². The number of amides is 1. The summed E-state index contributed by atoms with van der Waals surface area (Å²) in [6.07, 6.45) is 2.80. The number of nitrogens with one attached hydrogen (secondary N) is 1. The minimum absolute atomic E-state index is 0.00411. The molecule has 0 atom stereocenters. The van der Waals surface area contributed by atoms with E-state index in [9.17, 15) is 9.90 Å². The van der Waals surface area contributed by atoms with Gasteiger partial charge in [0.05, 0.1) is 5.41 Å². The maximum absolute atomic E-state index is 12.2. The maximum Gasteiger partial charge on any atom is 0.231 e. The molecule has 1 aliphatic carbocycles. The molecule has 2 rings (SSSR count). The number of phenols is 1. The fraction of sp³-hybridized carbons (Fsp3) is 0.500. The molecule has 1 aromatic rings. The van der Waals surface area contributed by atoms with Gasteiger partial charge in [-0.3, -0.25) is 4.79 Å². The van der Waals surface area contributed by atoms with Crippen LogP contribution in [-0.4, -0.2) is 17.6 Å². The van der Waals surface area contributed by atoms with Crippen molar-refractivity contribution in [3.8, 4) is 5.75 Å². The molecule has 4 nitrogen and oxygen atoms in total. The van der Waals surface area contributed by atoms with E-state index in [-0.39, 0.29) is 17.1 Å². The molecule has 4 N–H and O–H groups in total. The molecule has 1 saturated carbocycles. The number of hydrogen-bond donors (Lipinski definition) is 3. The van der Waals surface area contributed by atoms with Gasteiger partial charge in [0.1, 0.15) is 5.75 Å². The Bertz CT molecular complexity index is 473. The Kier molecular flexibility index (Phi) is 3.30. The molecule has 98 valence electrons. The number of anilines is 1. The fourth-order valence-electron chi connectivity index (χ4n) is 2.32. The van der Waals surface area contributed by atoms with E-state index in [1.165, 1.54) is 0 Å². The molecule has 0 saturated heterocycles. The number of nitrogens with two attached hydrogens (primary N) is 1. The zero-order valence-electron chi connectivity index (χ0n) is 10.9. The van der Waals surface area contributed by atoms with Crippen molar-refractivity contribution in [1.29, 1.82) is 0 Å². The van der Waals surface area contributed by atoms with Gasteiger partial charge >= 0.3 is 0 Å². The van der Waals surface area contributed by atoms with Gasteiger partial charge in [0.2, 0.25) is 5.91 Å². The SMILES string of the molecule is Cc1cc(NC(=O)C2(CN)CCC2)c(C)cc1O. The van der Waals surface area contributed by atoms with Gasteiger partial charge in [-0.2, -0.15) is 0 Å². The Morgan fingerprint density at radius 3 is 2.56 bits per heavy atom. The Morgan fingerprint density at radius 2 is 2.06 bits per heavy atom. The summed E-state index contributed by atoms with van der Waals surface area (Å²) < 4.78 is 0. The highest BCUT2D eigenvalue weighted by atomic mass is 16.3. The zero-order valence-corrected chi connectivity index (χ0v) is 10.9. The monoisotopic (exact) mass is 248 g/mol. The first kappa shape index (κ1) is 12.9. The van der Waals surface area contributed by atoms with Crippen molar-refractivity contribution >= 4 is 11.6 Å². The molecular formula is C14H20N2O2. The molecule has 0 aromatic heterocycles. The standard InChI is InChI=1S/C14H20N2O2/c1-9-7-12(17)10(2)6-11(9)16-13(18)14(8-15)4-3-5-14/h6-7,17H,3-5,8,15H2,1-2H3,(H,16,18). The summed E-state index contributed by atoms with van der Waals surface area (Å²) in [7, 11) is 0. The van der Waals surface area contributed by atoms with Crippen LogP contribution in [0.4, 0.5) is 5.69 Å². The molecule has 1 amide bonds. The summed E-state index contributed by atoms with van der Waals surface area (Å²) in [4.78, 5) is 12.2. The van der Waals surface area contributed by atoms with Crippen LogP contribution in [0.5, 0.6) is 5.75 Å². The minimum atomic E-state index is -0.377. The van der Waals surface area contributed by atoms with E-state index in [1.54, 1.807) is 12.1 Å². The lowest BCUT2D eigenvalue weighted by Crippen LogP contribution is -2.47. The summed E-state index contributed by atoms with van der Waals surface area (Å²) in [5, 5.41) is 12.5. The molecule has 0 aliphatic heterocycles. The summed E-state index contributed by atoms with van der Waals surface area (Å²) in [5.74, 6) is 0.257. The Hall–Kier alpha value is -1.55. The van der Waals surface area contributed by atoms with Gasteiger partial charge in [-0.1, -0.05) is 6.42 Å². The third-order valence-corrected chi connectivity index (χ3v) is 3.97. The predicted octanol–water partition coefficient (Wildman–Crippen LogP) is 2.08. The molecule has 0 unspecified atom stereocenters. The number of aromatic hydroxyl groups is 1. The molecule has 1 aromatic carbocycles. The molecule has 0 heterocycles. The summed E-state index contributed by atoms with van der Waals surface area (Å²) in [5.41, 5.74) is 7.71. The van der Waals surface area contributed by atoms with Gasteiger partial charge < -0.3 is 16.2 Å². The topological polar surface area (TPSA) is 75.4 Å². The Balaban J connectivity index is 2.19. The molecule has 18 heavy (non-hydrogen) atoms. The van der Waals surface area contributed by atoms with Gasteiger partial charge in [0.25, 0.3) is 0 Å². The second kappa shape index (κ2) is 4.61. The Labute approximate surface area is 107 Å². The summed E-state index contributed by atoms with van der Waals surface area (Å²) in [6, 6.07) is 3.46. The second-order valence-electron chi connectivity index (χ2n) is 5.25. The maximum atomic E-state index is 12.2. The first-order chi connectivity index (χ1) is 8.48. The number of hydrogen-bond acceptors (Lipinski definition) is 3. The zero-order chi connectivity index (χ0) is 13.3. The number of benzene rings is 1. The van der Waals surface area contributed by atoms with Crippen LogP contribution in [0.3, 0.4) is 0 Å². The van der Waals surface area contributed by atoms with E-state index in [2.05, 4.69) is 5.32 Å². The van der Waals surface area contributed by atoms with Crippen molar-refractivity contribution in [3.05, 3.63) is 23.3 Å². The highest BCUT2D eigenvalue weighted by Crippen LogP contribution is 2.41. The highest BCUT2D eigenvalue weighted by Gasteiger charge is 2.42. The lowest BCUT2D eigenvalue weighted by Gasteiger charge is -2.39. The first-order valence-corrected chi connectivity index (χ1v) is 6.30. The molecule has 0 bridgehead atoms. The van der Waals surface area contributed by atoms with Crippen LogP contribution in [0.25, 0.3) is 0 Å². The third-order valence-electron chi connectivity index (χ3n) is 3.97. The van der Waals surface area contributed by atoms with E-state index < -0.39 is 0 Å². The highest BCUT2D eigenvalue weighted by molar-refractivity contribution is 5.96. The number of carbonyl (C=O) groups excluding carboxylic acids is 1. The van der Waals surface area contributed by atoms with Crippen molar-refractivity contribution in [2.75, 3.05) is 11.9 Å². The van der Waals surface area contributed by atoms with Crippen LogP contribution in [0.15, 0.2) is 12.1 Å². The molecule has 4 heteroatoms. The lowest BCUT2D eigenvalue weighted by atomic mass is 9.68. The van der Waals surface area contributed by atoms with Gasteiger partial charge in [-0.05, 0) is 49.9 Å². The summed E-state index contributed by atoms with van der Waals surface area (Å²) in [6.45, 7) is 4.08. The third kappa shape index (κ3) is 2.08. The van der Waals surface area contributed by atoms with Crippen molar-refractivity contribution in [3.63, 3.8) is 0 Å². The van der Waals surface area contributed by atoms with E-state index in [0.717, 1.165) is 36.1 Å². The van der Waals surface area contributed by atoms with E-state index in [0.29, 0.717) is 6.54 Å². The Morgan fingerprint density at radius 1 is 1.39 bits per heavy atom. The van der Waals surface area contributed by atoms with Crippen molar-refractivity contribution in [2.45, 2.75) is 33.1 Å². The van der Waals surface area contributed by atoms with E-state index >= 15 is 0 Å². The smallest absolute Gasteiger partial charge is 0.231 e. The average molecular weight is 248 g/mol. The lowest BCUT2D eigenvalue weighted by molar-refractivity contribution is -0.129. The van der Waals surface area contributed by atoms with Crippen LogP contribution in [0, 0.1) is 19.3 Å². The van der Waals surface area contributed by atoms with Crippen LogP contribution in [0.1, 0.15) is 30.4 Å². The normalized spacial score (nSPS) is 17.1. The van der Waals surface area contributed by atoms with Crippen LogP contribution in [0.2, 0.25) is 0 Å². The molecule has 1 aliphatic rings. The molecule has 0 spiro atoms. The van der Waals surface area contributed by atoms with Gasteiger partial charge in [0.15, 0.2) is 0 Å². The summed E-state index contributed by atoms with van der Waals surface area (Å²) >= 11 is 0. The van der Waals surface area contributed by atoms with Gasteiger partial charge in [-0.15, -0.1) is 0 Å². The van der Waals surface area contributed by atoms with E-state index in [1.807, 2.05) is 13.8 Å². The molecule has 1 fully saturated rings. The van der Waals surface area contributed by atoms with Crippen molar-refractivity contribution < 1.29 is 9.90 Å². The van der Waals surface area contributed by atoms with Gasteiger partial charge in [0, 0.05) is 12.2 Å². The fourth-order valence-corrected chi connectivity index (χ4v) is 2.32.